The standard InChI is InChI=1S/C13H22N2O/c1-4-15(3)13(10-14)11-7-6-8-12(9-11)16-5-2/h6-9,13H,4-5,10,14H2,1-3H3. The number of hydrogen-bond acceptors (Lipinski definition) is 3. The van der Waals surface area contributed by atoms with Gasteiger partial charge in [-0.05, 0) is 38.2 Å². The normalized spacial score (nSPS) is 12.8. The third kappa shape index (κ3) is 3.22. The molecule has 0 bridgehead atoms. The highest BCUT2D eigenvalue weighted by molar-refractivity contribution is 5.30. The van der Waals surface area contributed by atoms with Crippen molar-refractivity contribution in [2.75, 3.05) is 26.7 Å². The molecule has 3 heteroatoms. The van der Waals surface area contributed by atoms with E-state index in [2.05, 4.69) is 31.0 Å². The second-order valence-corrected chi connectivity index (χ2v) is 3.83. The van der Waals surface area contributed by atoms with Gasteiger partial charge in [-0.15, -0.1) is 0 Å². The van der Waals surface area contributed by atoms with Gasteiger partial charge in [0.15, 0.2) is 0 Å². The number of hydrogen-bond donors (Lipinski definition) is 1. The van der Waals surface area contributed by atoms with Crippen molar-refractivity contribution >= 4 is 0 Å². The fourth-order valence-corrected chi connectivity index (χ4v) is 1.77. The summed E-state index contributed by atoms with van der Waals surface area (Å²) in [5, 5.41) is 0. The monoisotopic (exact) mass is 222 g/mol. The molecule has 0 saturated carbocycles. The van der Waals surface area contributed by atoms with Crippen LogP contribution < -0.4 is 10.5 Å². The van der Waals surface area contributed by atoms with Gasteiger partial charge in [-0.2, -0.15) is 0 Å². The molecule has 0 fully saturated rings. The van der Waals surface area contributed by atoms with E-state index in [0.29, 0.717) is 13.2 Å². The van der Waals surface area contributed by atoms with Crippen LogP contribution in [-0.2, 0) is 0 Å². The Morgan fingerprint density at radius 3 is 2.69 bits per heavy atom. The number of benzene rings is 1. The molecule has 0 spiro atoms. The molecule has 0 heterocycles. The van der Waals surface area contributed by atoms with Crippen LogP contribution in [0.2, 0.25) is 0 Å². The highest BCUT2D eigenvalue weighted by atomic mass is 16.5. The average molecular weight is 222 g/mol. The second kappa shape index (κ2) is 6.51. The zero-order valence-electron chi connectivity index (χ0n) is 10.4. The zero-order valence-corrected chi connectivity index (χ0v) is 10.4. The maximum absolute atomic E-state index is 5.82. The SMILES string of the molecule is CCOc1cccc(C(CN)N(C)CC)c1. The van der Waals surface area contributed by atoms with Crippen LogP contribution in [0.25, 0.3) is 0 Å². The summed E-state index contributed by atoms with van der Waals surface area (Å²) in [5.74, 6) is 0.919. The highest BCUT2D eigenvalue weighted by Gasteiger charge is 2.14. The van der Waals surface area contributed by atoms with Crippen LogP contribution in [0, 0.1) is 0 Å². The number of nitrogens with zero attached hydrogens (tertiary/aromatic N) is 1. The van der Waals surface area contributed by atoms with Crippen molar-refractivity contribution in [2.45, 2.75) is 19.9 Å². The highest BCUT2D eigenvalue weighted by Crippen LogP contribution is 2.22. The van der Waals surface area contributed by atoms with E-state index in [-0.39, 0.29) is 6.04 Å². The minimum atomic E-state index is 0.269. The van der Waals surface area contributed by atoms with Crippen molar-refractivity contribution in [1.29, 1.82) is 0 Å². The lowest BCUT2D eigenvalue weighted by Crippen LogP contribution is -2.30. The van der Waals surface area contributed by atoms with Crippen LogP contribution in [0.5, 0.6) is 5.75 Å². The van der Waals surface area contributed by atoms with E-state index in [1.165, 1.54) is 5.56 Å². The fraction of sp³-hybridized carbons (Fsp3) is 0.538. The maximum atomic E-state index is 5.82. The number of ether oxygens (including phenoxy) is 1. The Balaban J connectivity index is 2.87. The van der Waals surface area contributed by atoms with Gasteiger partial charge >= 0.3 is 0 Å². The summed E-state index contributed by atoms with van der Waals surface area (Å²) in [7, 11) is 2.09. The van der Waals surface area contributed by atoms with Gasteiger partial charge < -0.3 is 10.5 Å². The fourth-order valence-electron chi connectivity index (χ4n) is 1.77. The molecule has 16 heavy (non-hydrogen) atoms. The van der Waals surface area contributed by atoms with Gasteiger partial charge in [0.05, 0.1) is 6.61 Å². The average Bonchev–Trinajstić information content (AvgIpc) is 2.31. The van der Waals surface area contributed by atoms with Crippen LogP contribution in [0.3, 0.4) is 0 Å². The molecule has 0 aliphatic rings. The minimum Gasteiger partial charge on any atom is -0.494 e. The molecule has 1 aromatic rings. The maximum Gasteiger partial charge on any atom is 0.119 e. The molecule has 0 amide bonds. The lowest BCUT2D eigenvalue weighted by molar-refractivity contribution is 0.262. The number of rotatable bonds is 6. The van der Waals surface area contributed by atoms with E-state index in [0.717, 1.165) is 12.3 Å². The molecule has 0 aliphatic heterocycles. The predicted molar refractivity (Wildman–Crippen MR) is 67.7 cm³/mol. The third-order valence-corrected chi connectivity index (χ3v) is 2.81. The van der Waals surface area contributed by atoms with Gasteiger partial charge in [0, 0.05) is 12.6 Å². The Labute approximate surface area is 98.2 Å². The molecule has 0 radical (unpaired) electrons. The van der Waals surface area contributed by atoms with E-state index < -0.39 is 0 Å². The molecular formula is C13H22N2O. The van der Waals surface area contributed by atoms with Crippen molar-refractivity contribution in [3.05, 3.63) is 29.8 Å². The van der Waals surface area contributed by atoms with Gasteiger partial charge in [-0.25, -0.2) is 0 Å². The van der Waals surface area contributed by atoms with Crippen molar-refractivity contribution in [3.8, 4) is 5.75 Å². The lowest BCUT2D eigenvalue weighted by atomic mass is 10.1. The van der Waals surface area contributed by atoms with Crippen LogP contribution >= 0.6 is 0 Å². The van der Waals surface area contributed by atoms with Crippen molar-refractivity contribution < 1.29 is 4.74 Å². The Bertz CT molecular complexity index is 315. The molecule has 0 aromatic heterocycles. The summed E-state index contributed by atoms with van der Waals surface area (Å²) in [6, 6.07) is 8.45. The summed E-state index contributed by atoms with van der Waals surface area (Å²) >= 11 is 0. The molecule has 0 saturated heterocycles. The molecule has 1 aromatic carbocycles. The van der Waals surface area contributed by atoms with E-state index >= 15 is 0 Å². The largest absolute Gasteiger partial charge is 0.494 e. The molecule has 0 aliphatic carbocycles. The Kier molecular flexibility index (Phi) is 5.29. The Hall–Kier alpha value is -1.06. The molecule has 1 unspecified atom stereocenters. The second-order valence-electron chi connectivity index (χ2n) is 3.83. The van der Waals surface area contributed by atoms with Crippen LogP contribution in [0.15, 0.2) is 24.3 Å². The first-order valence-corrected chi connectivity index (χ1v) is 5.86. The van der Waals surface area contributed by atoms with Crippen LogP contribution in [0.1, 0.15) is 25.5 Å². The first-order chi connectivity index (χ1) is 7.72. The lowest BCUT2D eigenvalue weighted by Gasteiger charge is -2.26. The third-order valence-electron chi connectivity index (χ3n) is 2.81. The molecule has 3 nitrogen and oxygen atoms in total. The number of nitrogens with two attached hydrogens (primary N) is 1. The number of likely N-dealkylation sites (N-methyl/N-ethyl adjacent to an activating group) is 1. The van der Waals surface area contributed by atoms with Gasteiger partial charge in [-0.3, -0.25) is 4.90 Å². The Morgan fingerprint density at radius 2 is 2.12 bits per heavy atom. The van der Waals surface area contributed by atoms with Crippen molar-refractivity contribution in [1.82, 2.24) is 4.90 Å². The van der Waals surface area contributed by atoms with E-state index in [9.17, 15) is 0 Å². The predicted octanol–water partition coefficient (Wildman–Crippen LogP) is 2.04. The van der Waals surface area contributed by atoms with Gasteiger partial charge in [0.25, 0.3) is 0 Å². The molecule has 2 N–H and O–H groups in total. The minimum absolute atomic E-state index is 0.269. The van der Waals surface area contributed by atoms with Gasteiger partial charge in [-0.1, -0.05) is 19.1 Å². The summed E-state index contributed by atoms with van der Waals surface area (Å²) in [4.78, 5) is 2.24. The van der Waals surface area contributed by atoms with Crippen LogP contribution in [0.4, 0.5) is 0 Å². The smallest absolute Gasteiger partial charge is 0.119 e. The van der Waals surface area contributed by atoms with Crippen molar-refractivity contribution in [3.63, 3.8) is 0 Å². The molecule has 1 rings (SSSR count). The van der Waals surface area contributed by atoms with Gasteiger partial charge in [0.1, 0.15) is 5.75 Å². The topological polar surface area (TPSA) is 38.5 Å². The molecular weight excluding hydrogens is 200 g/mol. The molecule has 90 valence electrons. The molecule has 1 atom stereocenters. The summed E-state index contributed by atoms with van der Waals surface area (Å²) in [6.07, 6.45) is 0. The van der Waals surface area contributed by atoms with E-state index in [1.807, 2.05) is 19.1 Å². The van der Waals surface area contributed by atoms with Gasteiger partial charge in [0.2, 0.25) is 0 Å². The quantitative estimate of drug-likeness (QED) is 0.800. The summed E-state index contributed by atoms with van der Waals surface area (Å²) < 4.78 is 5.50. The van der Waals surface area contributed by atoms with E-state index in [1.54, 1.807) is 0 Å². The first-order valence-electron chi connectivity index (χ1n) is 5.86. The van der Waals surface area contributed by atoms with Crippen molar-refractivity contribution in [2.24, 2.45) is 5.73 Å². The van der Waals surface area contributed by atoms with E-state index in [4.69, 9.17) is 10.5 Å². The van der Waals surface area contributed by atoms with Crippen LogP contribution in [-0.4, -0.2) is 31.6 Å². The Morgan fingerprint density at radius 1 is 1.38 bits per heavy atom. The zero-order chi connectivity index (χ0) is 12.0. The first kappa shape index (κ1) is 13.0. The summed E-state index contributed by atoms with van der Waals surface area (Å²) in [6.45, 7) is 6.43. The summed E-state index contributed by atoms with van der Waals surface area (Å²) in [5.41, 5.74) is 7.04.